The highest BCUT2D eigenvalue weighted by atomic mass is 32.2. The lowest BCUT2D eigenvalue weighted by molar-refractivity contribution is -0.144. The van der Waals surface area contributed by atoms with E-state index in [-0.39, 0.29) is 37.9 Å². The molecule has 4 atom stereocenters. The van der Waals surface area contributed by atoms with Crippen molar-refractivity contribution in [2.45, 2.75) is 62.9 Å². The van der Waals surface area contributed by atoms with Crippen LogP contribution in [0.4, 0.5) is 0 Å². The minimum atomic E-state index is -4.13. The molecule has 0 amide bonds. The van der Waals surface area contributed by atoms with Crippen LogP contribution in [0.25, 0.3) is 0 Å². The van der Waals surface area contributed by atoms with Crippen LogP contribution in [0.3, 0.4) is 0 Å². The summed E-state index contributed by atoms with van der Waals surface area (Å²) in [7, 11) is -4.13. The fourth-order valence-electron chi connectivity index (χ4n) is 5.52. The molecule has 0 unspecified atom stereocenters. The van der Waals surface area contributed by atoms with Crippen molar-refractivity contribution in [2.24, 2.45) is 0 Å². The van der Waals surface area contributed by atoms with E-state index < -0.39 is 40.3 Å². The Balaban J connectivity index is 1.54. The van der Waals surface area contributed by atoms with E-state index >= 15 is 0 Å². The minimum Gasteiger partial charge on any atom is -0.464 e. The highest BCUT2D eigenvalue weighted by molar-refractivity contribution is 7.89. The molecule has 4 aromatic rings. The number of aryl methyl sites for hydroxylation is 1. The van der Waals surface area contributed by atoms with Crippen LogP contribution < -0.4 is 0 Å². The fourth-order valence-corrected chi connectivity index (χ4v) is 7.32. The third-order valence-corrected chi connectivity index (χ3v) is 9.73. The lowest BCUT2D eigenvalue weighted by Crippen LogP contribution is -2.48. The normalized spacial score (nSPS) is 20.2. The Bertz CT molecular complexity index is 1600. The summed E-state index contributed by atoms with van der Waals surface area (Å²) >= 11 is 0. The smallest absolute Gasteiger partial charge is 0.302 e. The summed E-state index contributed by atoms with van der Waals surface area (Å²) in [5.74, 6) is -0.518. The number of sulfonamides is 1. The van der Waals surface area contributed by atoms with Gasteiger partial charge in [0.1, 0.15) is 18.8 Å². The van der Waals surface area contributed by atoms with Crippen LogP contribution in [0.5, 0.6) is 0 Å². The molecular formula is C36H39NO7S. The molecule has 8 nitrogen and oxygen atoms in total. The van der Waals surface area contributed by atoms with Crippen LogP contribution in [0.15, 0.2) is 120 Å². The van der Waals surface area contributed by atoms with Gasteiger partial charge in [-0.25, -0.2) is 8.42 Å². The molecule has 9 heteroatoms. The first-order valence-electron chi connectivity index (χ1n) is 15.0. The molecule has 0 spiro atoms. The minimum absolute atomic E-state index is 0.0290. The topological polar surface area (TPSA) is 91.4 Å². The largest absolute Gasteiger partial charge is 0.464 e. The number of hydrogen-bond acceptors (Lipinski definition) is 7. The molecule has 0 saturated carbocycles. The van der Waals surface area contributed by atoms with Crippen molar-refractivity contribution >= 4 is 16.0 Å². The van der Waals surface area contributed by atoms with Crippen LogP contribution >= 0.6 is 0 Å². The number of hydrogen-bond donors (Lipinski definition) is 0. The monoisotopic (exact) mass is 629 g/mol. The number of rotatable bonds is 14. The predicted octanol–water partition coefficient (Wildman–Crippen LogP) is 5.69. The summed E-state index contributed by atoms with van der Waals surface area (Å²) in [5.41, 5.74) is 3.74. The zero-order chi connectivity index (χ0) is 31.6. The van der Waals surface area contributed by atoms with Gasteiger partial charge in [-0.3, -0.25) is 4.79 Å². The van der Waals surface area contributed by atoms with E-state index in [4.69, 9.17) is 18.9 Å². The summed E-state index contributed by atoms with van der Waals surface area (Å²) in [6.45, 7) is 3.75. The van der Waals surface area contributed by atoms with E-state index in [2.05, 4.69) is 0 Å². The molecule has 5 rings (SSSR count). The lowest BCUT2D eigenvalue weighted by Gasteiger charge is -2.30. The van der Waals surface area contributed by atoms with Gasteiger partial charge in [0, 0.05) is 6.92 Å². The van der Waals surface area contributed by atoms with E-state index in [0.29, 0.717) is 0 Å². The average molecular weight is 630 g/mol. The lowest BCUT2D eigenvalue weighted by atomic mass is 10.1. The summed E-state index contributed by atoms with van der Waals surface area (Å²) < 4.78 is 55.2. The van der Waals surface area contributed by atoms with Gasteiger partial charge in [-0.15, -0.1) is 0 Å². The first-order chi connectivity index (χ1) is 21.8. The first kappa shape index (κ1) is 32.5. The molecule has 1 heterocycles. The number of carbonyl (C=O) groups is 1. The van der Waals surface area contributed by atoms with E-state index in [1.165, 1.54) is 11.2 Å². The molecule has 1 aliphatic rings. The Morgan fingerprint density at radius 1 is 0.644 bits per heavy atom. The van der Waals surface area contributed by atoms with Crippen molar-refractivity contribution in [3.63, 3.8) is 0 Å². The third-order valence-electron chi connectivity index (χ3n) is 7.76. The number of ether oxygens (including phenoxy) is 4. The fraction of sp³-hybridized carbons (Fsp3) is 0.306. The molecular weight excluding hydrogens is 590 g/mol. The van der Waals surface area contributed by atoms with Gasteiger partial charge < -0.3 is 18.9 Å². The zero-order valence-electron chi connectivity index (χ0n) is 25.5. The quantitative estimate of drug-likeness (QED) is 0.166. The molecule has 4 aromatic carbocycles. The molecule has 236 valence electrons. The van der Waals surface area contributed by atoms with Crippen LogP contribution in [-0.2, 0) is 53.6 Å². The maximum atomic E-state index is 14.5. The second-order valence-electron chi connectivity index (χ2n) is 11.1. The molecule has 1 fully saturated rings. The van der Waals surface area contributed by atoms with Gasteiger partial charge >= 0.3 is 5.97 Å². The molecule has 0 radical (unpaired) electrons. The maximum Gasteiger partial charge on any atom is 0.302 e. The van der Waals surface area contributed by atoms with E-state index in [1.54, 1.807) is 24.3 Å². The molecule has 1 saturated heterocycles. The number of benzene rings is 4. The SMILES string of the molecule is CC(=O)OC[C@H]1[C@@H](OCc2ccccc2)[C@H](OCc2ccccc2)[C@@H](COCc2ccccc2)N1S(=O)(=O)c1ccc(C)cc1. The highest BCUT2D eigenvalue weighted by Crippen LogP contribution is 2.37. The molecule has 0 N–H and O–H groups in total. The van der Waals surface area contributed by atoms with Crippen molar-refractivity contribution in [2.75, 3.05) is 13.2 Å². The number of esters is 1. The van der Waals surface area contributed by atoms with E-state index in [9.17, 15) is 13.2 Å². The summed E-state index contributed by atoms with van der Waals surface area (Å²) in [6, 6.07) is 34.0. The highest BCUT2D eigenvalue weighted by Gasteiger charge is 2.56. The molecule has 1 aliphatic heterocycles. The van der Waals surface area contributed by atoms with Crippen LogP contribution in [-0.4, -0.2) is 56.2 Å². The van der Waals surface area contributed by atoms with Gasteiger partial charge in [-0.05, 0) is 35.7 Å². The van der Waals surface area contributed by atoms with Gasteiger partial charge in [0.15, 0.2) is 0 Å². The number of nitrogens with zero attached hydrogens (tertiary/aromatic N) is 1. The Hall–Kier alpha value is -3.86. The second-order valence-corrected chi connectivity index (χ2v) is 13.0. The predicted molar refractivity (Wildman–Crippen MR) is 171 cm³/mol. The Morgan fingerprint density at radius 2 is 1.09 bits per heavy atom. The standard InChI is InChI=1S/C36H39NO7S/c1-27-18-20-32(21-19-27)45(39,40)37-33(25-41-22-29-12-6-3-7-13-29)35(43-23-30-14-8-4-9-15-30)36(34(37)26-42-28(2)38)44-24-31-16-10-5-11-17-31/h3-21,33-36H,22-26H2,1-2H3/t33-,34+,35-,36-/m1/s1. The average Bonchev–Trinajstić information content (AvgIpc) is 3.36. The van der Waals surface area contributed by atoms with Crippen molar-refractivity contribution in [1.29, 1.82) is 0 Å². The van der Waals surface area contributed by atoms with Gasteiger partial charge in [-0.2, -0.15) is 4.31 Å². The molecule has 0 aromatic heterocycles. The Morgan fingerprint density at radius 3 is 1.56 bits per heavy atom. The van der Waals surface area contributed by atoms with Gasteiger partial charge in [0.25, 0.3) is 0 Å². The third kappa shape index (κ3) is 8.45. The van der Waals surface area contributed by atoms with Crippen LogP contribution in [0, 0.1) is 6.92 Å². The van der Waals surface area contributed by atoms with Crippen molar-refractivity contribution in [3.8, 4) is 0 Å². The van der Waals surface area contributed by atoms with E-state index in [0.717, 1.165) is 22.3 Å². The first-order valence-corrected chi connectivity index (χ1v) is 16.4. The Labute approximate surface area is 265 Å². The number of carbonyl (C=O) groups excluding carboxylic acids is 1. The van der Waals surface area contributed by atoms with Gasteiger partial charge in [-0.1, -0.05) is 109 Å². The van der Waals surface area contributed by atoms with Crippen molar-refractivity contribution in [1.82, 2.24) is 4.31 Å². The van der Waals surface area contributed by atoms with Crippen LogP contribution in [0.1, 0.15) is 29.2 Å². The van der Waals surface area contributed by atoms with Gasteiger partial charge in [0.2, 0.25) is 10.0 Å². The molecule has 0 bridgehead atoms. The summed E-state index contributed by atoms with van der Waals surface area (Å²) in [5, 5.41) is 0. The Kier molecular flexibility index (Phi) is 11.2. The second kappa shape index (κ2) is 15.4. The maximum absolute atomic E-state index is 14.5. The van der Waals surface area contributed by atoms with Crippen LogP contribution in [0.2, 0.25) is 0 Å². The van der Waals surface area contributed by atoms with Gasteiger partial charge in [0.05, 0.1) is 43.4 Å². The molecule has 45 heavy (non-hydrogen) atoms. The summed E-state index contributed by atoms with van der Waals surface area (Å²) in [6.07, 6.45) is -1.52. The van der Waals surface area contributed by atoms with E-state index in [1.807, 2.05) is 97.9 Å². The molecule has 0 aliphatic carbocycles. The van der Waals surface area contributed by atoms with Crippen molar-refractivity contribution < 1.29 is 32.2 Å². The summed E-state index contributed by atoms with van der Waals surface area (Å²) in [4.78, 5) is 12.2. The van der Waals surface area contributed by atoms with Crippen molar-refractivity contribution in [3.05, 3.63) is 138 Å². The zero-order valence-corrected chi connectivity index (χ0v) is 26.3.